The normalized spacial score (nSPS) is 22.7. The Balaban J connectivity index is 1.73. The second kappa shape index (κ2) is 6.95. The van der Waals surface area contributed by atoms with Gasteiger partial charge >= 0.3 is 0 Å². The first-order chi connectivity index (χ1) is 10.7. The van der Waals surface area contributed by atoms with Crippen LogP contribution in [0.4, 0.5) is 0 Å². The molecule has 0 aliphatic heterocycles. The highest BCUT2D eigenvalue weighted by Gasteiger charge is 2.18. The highest BCUT2D eigenvalue weighted by atomic mass is 15.3. The van der Waals surface area contributed by atoms with Crippen molar-refractivity contribution in [1.82, 2.24) is 5.43 Å². The van der Waals surface area contributed by atoms with Crippen LogP contribution in [0.15, 0.2) is 52.7 Å². The number of hydrogen-bond acceptors (Lipinski definition) is 2. The average Bonchev–Trinajstić information content (AvgIpc) is 2.87. The van der Waals surface area contributed by atoms with Crippen LogP contribution < -0.4 is 5.43 Å². The lowest BCUT2D eigenvalue weighted by atomic mass is 9.91. The molecule has 0 heterocycles. The molecule has 0 radical (unpaired) electrons. The summed E-state index contributed by atoms with van der Waals surface area (Å²) in [7, 11) is 0. The molecule has 0 saturated heterocycles. The van der Waals surface area contributed by atoms with Crippen molar-refractivity contribution < 1.29 is 0 Å². The van der Waals surface area contributed by atoms with Crippen molar-refractivity contribution in [2.45, 2.75) is 57.9 Å². The Hall–Kier alpha value is -1.83. The molecule has 2 aliphatic rings. The number of allylic oxidation sites excluding steroid dienone is 4. The fourth-order valence-corrected chi connectivity index (χ4v) is 3.58. The zero-order valence-electron chi connectivity index (χ0n) is 13.7. The van der Waals surface area contributed by atoms with Gasteiger partial charge in [-0.25, -0.2) is 0 Å². The smallest absolute Gasteiger partial charge is 0.0543 e. The fraction of sp³-hybridized carbons (Fsp3) is 0.450. The molecule has 2 heteroatoms. The van der Waals surface area contributed by atoms with Crippen molar-refractivity contribution in [3.8, 4) is 0 Å². The van der Waals surface area contributed by atoms with Crippen molar-refractivity contribution in [3.63, 3.8) is 0 Å². The number of hydrazone groups is 1. The SMILES string of the molecule is CC1=CC(c2ccccc2C=NNC2CCCCC2)C(C)=C1. The maximum absolute atomic E-state index is 4.53. The van der Waals surface area contributed by atoms with Crippen LogP contribution >= 0.6 is 0 Å². The molecule has 0 bridgehead atoms. The second-order valence-electron chi connectivity index (χ2n) is 6.63. The third kappa shape index (κ3) is 3.49. The van der Waals surface area contributed by atoms with Gasteiger partial charge in [-0.1, -0.05) is 66.8 Å². The summed E-state index contributed by atoms with van der Waals surface area (Å²) in [6.45, 7) is 4.39. The van der Waals surface area contributed by atoms with Crippen molar-refractivity contribution in [3.05, 3.63) is 58.7 Å². The predicted octanol–water partition coefficient (Wildman–Crippen LogP) is 4.93. The Bertz CT molecular complexity index is 604. The van der Waals surface area contributed by atoms with E-state index < -0.39 is 0 Å². The van der Waals surface area contributed by atoms with Crippen molar-refractivity contribution in [2.24, 2.45) is 5.10 Å². The van der Waals surface area contributed by atoms with Gasteiger partial charge < -0.3 is 5.43 Å². The van der Waals surface area contributed by atoms with Gasteiger partial charge in [0.15, 0.2) is 0 Å². The third-order valence-electron chi connectivity index (χ3n) is 4.77. The number of benzene rings is 1. The Morgan fingerprint density at radius 1 is 1.09 bits per heavy atom. The van der Waals surface area contributed by atoms with Gasteiger partial charge in [0, 0.05) is 12.0 Å². The molecule has 1 fully saturated rings. The van der Waals surface area contributed by atoms with Gasteiger partial charge in [-0.15, -0.1) is 0 Å². The molecule has 2 aliphatic carbocycles. The largest absolute Gasteiger partial charge is 0.307 e. The van der Waals surface area contributed by atoms with E-state index in [0.717, 1.165) is 0 Å². The Labute approximate surface area is 134 Å². The number of hydrogen-bond donors (Lipinski definition) is 1. The van der Waals surface area contributed by atoms with Crippen LogP contribution in [-0.4, -0.2) is 12.3 Å². The van der Waals surface area contributed by atoms with E-state index in [-0.39, 0.29) is 0 Å². The zero-order chi connectivity index (χ0) is 15.4. The lowest BCUT2D eigenvalue weighted by molar-refractivity contribution is 0.381. The minimum Gasteiger partial charge on any atom is -0.307 e. The lowest BCUT2D eigenvalue weighted by Gasteiger charge is -2.21. The number of rotatable bonds is 4. The van der Waals surface area contributed by atoms with E-state index in [1.807, 2.05) is 6.21 Å². The summed E-state index contributed by atoms with van der Waals surface area (Å²) in [5.74, 6) is 0.400. The molecule has 2 nitrogen and oxygen atoms in total. The maximum atomic E-state index is 4.53. The van der Waals surface area contributed by atoms with Gasteiger partial charge in [-0.3, -0.25) is 0 Å². The van der Waals surface area contributed by atoms with Crippen LogP contribution in [0.25, 0.3) is 0 Å². The standard InChI is InChI=1S/C20H26N2/c1-15-12-16(2)20(13-15)19-11-7-6-8-17(19)14-21-22-18-9-4-3-5-10-18/h6-8,11-14,18,20,22H,3-5,9-10H2,1-2H3. The van der Waals surface area contributed by atoms with Crippen LogP contribution in [0.5, 0.6) is 0 Å². The molecule has 0 spiro atoms. The topological polar surface area (TPSA) is 24.4 Å². The molecular formula is C20H26N2. The molecule has 116 valence electrons. The Morgan fingerprint density at radius 3 is 2.59 bits per heavy atom. The summed E-state index contributed by atoms with van der Waals surface area (Å²) in [5.41, 5.74) is 8.69. The summed E-state index contributed by atoms with van der Waals surface area (Å²) in [4.78, 5) is 0. The van der Waals surface area contributed by atoms with Gasteiger partial charge in [0.05, 0.1) is 6.21 Å². The number of nitrogens with zero attached hydrogens (tertiary/aromatic N) is 1. The Kier molecular flexibility index (Phi) is 4.77. The van der Waals surface area contributed by atoms with Crippen LogP contribution in [-0.2, 0) is 0 Å². The molecule has 0 aromatic heterocycles. The van der Waals surface area contributed by atoms with Crippen LogP contribution in [0, 0.1) is 0 Å². The van der Waals surface area contributed by atoms with Crippen LogP contribution in [0.2, 0.25) is 0 Å². The van der Waals surface area contributed by atoms with Gasteiger partial charge in [-0.05, 0) is 37.8 Å². The molecule has 1 N–H and O–H groups in total. The first-order valence-corrected chi connectivity index (χ1v) is 8.48. The zero-order valence-corrected chi connectivity index (χ0v) is 13.7. The monoisotopic (exact) mass is 294 g/mol. The van der Waals surface area contributed by atoms with E-state index in [2.05, 4.69) is 60.8 Å². The first-order valence-electron chi connectivity index (χ1n) is 8.48. The van der Waals surface area contributed by atoms with E-state index >= 15 is 0 Å². The first kappa shape index (κ1) is 15.1. The predicted molar refractivity (Wildman–Crippen MR) is 94.3 cm³/mol. The van der Waals surface area contributed by atoms with Gasteiger partial charge in [0.25, 0.3) is 0 Å². The summed E-state index contributed by atoms with van der Waals surface area (Å²) in [6.07, 6.45) is 13.2. The summed E-state index contributed by atoms with van der Waals surface area (Å²) in [5, 5.41) is 4.53. The van der Waals surface area contributed by atoms with Gasteiger partial charge in [0.2, 0.25) is 0 Å². The summed E-state index contributed by atoms with van der Waals surface area (Å²) < 4.78 is 0. The quantitative estimate of drug-likeness (QED) is 0.618. The maximum Gasteiger partial charge on any atom is 0.0543 e. The number of nitrogens with one attached hydrogen (secondary N) is 1. The van der Waals surface area contributed by atoms with E-state index in [4.69, 9.17) is 0 Å². The van der Waals surface area contributed by atoms with E-state index in [1.54, 1.807) is 0 Å². The molecule has 1 unspecified atom stereocenters. The van der Waals surface area contributed by atoms with Crippen LogP contribution in [0.1, 0.15) is 63.0 Å². The van der Waals surface area contributed by atoms with E-state index in [9.17, 15) is 0 Å². The molecule has 0 amide bonds. The van der Waals surface area contributed by atoms with E-state index in [0.29, 0.717) is 12.0 Å². The molecular weight excluding hydrogens is 268 g/mol. The third-order valence-corrected chi connectivity index (χ3v) is 4.77. The second-order valence-corrected chi connectivity index (χ2v) is 6.63. The van der Waals surface area contributed by atoms with Crippen molar-refractivity contribution >= 4 is 6.21 Å². The minimum atomic E-state index is 0.400. The average molecular weight is 294 g/mol. The summed E-state index contributed by atoms with van der Waals surface area (Å²) >= 11 is 0. The van der Waals surface area contributed by atoms with Crippen molar-refractivity contribution in [1.29, 1.82) is 0 Å². The summed E-state index contributed by atoms with van der Waals surface area (Å²) in [6, 6.07) is 9.16. The molecule has 1 saturated carbocycles. The molecule has 1 atom stereocenters. The highest BCUT2D eigenvalue weighted by Crippen LogP contribution is 2.34. The Morgan fingerprint density at radius 2 is 1.86 bits per heavy atom. The van der Waals surface area contributed by atoms with Gasteiger partial charge in [-0.2, -0.15) is 5.10 Å². The highest BCUT2D eigenvalue weighted by molar-refractivity contribution is 5.82. The molecule has 1 aromatic rings. The molecule has 1 aromatic carbocycles. The van der Waals surface area contributed by atoms with Gasteiger partial charge in [0.1, 0.15) is 0 Å². The minimum absolute atomic E-state index is 0.400. The molecule has 3 rings (SSSR count). The molecule has 22 heavy (non-hydrogen) atoms. The van der Waals surface area contributed by atoms with Crippen molar-refractivity contribution in [2.75, 3.05) is 0 Å². The van der Waals surface area contributed by atoms with E-state index in [1.165, 1.54) is 54.4 Å². The van der Waals surface area contributed by atoms with Crippen LogP contribution in [0.3, 0.4) is 0 Å². The fourth-order valence-electron chi connectivity index (χ4n) is 3.58. The lowest BCUT2D eigenvalue weighted by Crippen LogP contribution is -2.26.